The summed E-state index contributed by atoms with van der Waals surface area (Å²) >= 11 is 5.84. The molecule has 0 fully saturated rings. The molecule has 26 heavy (non-hydrogen) atoms. The van der Waals surface area contributed by atoms with Crippen molar-refractivity contribution in [3.63, 3.8) is 0 Å². The van der Waals surface area contributed by atoms with Crippen LogP contribution in [0.5, 0.6) is 0 Å². The molecule has 0 spiro atoms. The van der Waals surface area contributed by atoms with E-state index in [2.05, 4.69) is 20.6 Å². The Morgan fingerprint density at radius 2 is 2.04 bits per heavy atom. The van der Waals surface area contributed by atoms with Crippen LogP contribution in [0, 0.1) is 0 Å². The van der Waals surface area contributed by atoms with Gasteiger partial charge in [-0.1, -0.05) is 16.8 Å². The summed E-state index contributed by atoms with van der Waals surface area (Å²) in [6.07, 6.45) is -1.23. The molecule has 1 aromatic carbocycles. The third-order valence-electron chi connectivity index (χ3n) is 3.47. The predicted molar refractivity (Wildman–Crippen MR) is 88.9 cm³/mol. The molecule has 2 aromatic heterocycles. The largest absolute Gasteiger partial charge is 0.341 e. The lowest BCUT2D eigenvalue weighted by Crippen LogP contribution is -2.28. The first-order valence-corrected chi connectivity index (χ1v) is 8.02. The van der Waals surface area contributed by atoms with Crippen LogP contribution >= 0.6 is 11.6 Å². The molecule has 7 nitrogen and oxygen atoms in total. The quantitative estimate of drug-likeness (QED) is 0.707. The molecule has 0 aliphatic heterocycles. The van der Waals surface area contributed by atoms with Crippen LogP contribution in [-0.4, -0.2) is 32.3 Å². The lowest BCUT2D eigenvalue weighted by molar-refractivity contribution is 0.0927. The Morgan fingerprint density at radius 3 is 2.73 bits per heavy atom. The molecular weight excluding hydrogens is 368 g/mol. The van der Waals surface area contributed by atoms with E-state index >= 15 is 0 Å². The maximum atomic E-state index is 12.3. The maximum absolute atomic E-state index is 12.3. The van der Waals surface area contributed by atoms with Gasteiger partial charge in [-0.15, -0.1) is 0 Å². The number of hydrogen-bond acceptors (Lipinski definition) is 5. The fraction of sp³-hybridized carbons (Fsp3) is 0.250. The van der Waals surface area contributed by atoms with Crippen molar-refractivity contribution in [2.45, 2.75) is 25.9 Å². The SMILES string of the molecule is CC(NC(=O)c1ccn(CC(F)F)n1)c1noc(-c2ccc(Cl)cc2)n1. The molecule has 0 radical (unpaired) electrons. The predicted octanol–water partition coefficient (Wildman–Crippen LogP) is 3.34. The lowest BCUT2D eigenvalue weighted by atomic mass is 10.2. The maximum Gasteiger partial charge on any atom is 0.272 e. The number of carbonyl (C=O) groups is 1. The standard InChI is InChI=1S/C16H14ClF2N5O2/c1-9(20-15(25)12-6-7-24(22-12)8-13(18)19)14-21-16(26-23-14)10-2-4-11(17)5-3-10/h2-7,9,13H,8H2,1H3,(H,20,25). The van der Waals surface area contributed by atoms with Gasteiger partial charge in [-0.05, 0) is 37.3 Å². The first kappa shape index (κ1) is 18.0. The summed E-state index contributed by atoms with van der Waals surface area (Å²) in [6, 6.07) is 7.66. The fourth-order valence-corrected chi connectivity index (χ4v) is 2.31. The summed E-state index contributed by atoms with van der Waals surface area (Å²) in [5, 5.41) is 10.9. The highest BCUT2D eigenvalue weighted by atomic mass is 35.5. The molecule has 3 rings (SSSR count). The summed E-state index contributed by atoms with van der Waals surface area (Å²) in [5.74, 6) is 0.0395. The van der Waals surface area contributed by atoms with E-state index in [0.29, 0.717) is 16.5 Å². The second-order valence-electron chi connectivity index (χ2n) is 5.47. The van der Waals surface area contributed by atoms with Crippen LogP contribution in [0.4, 0.5) is 8.78 Å². The van der Waals surface area contributed by atoms with Crippen LogP contribution in [0.15, 0.2) is 41.1 Å². The van der Waals surface area contributed by atoms with E-state index in [0.717, 1.165) is 4.68 Å². The summed E-state index contributed by atoms with van der Waals surface area (Å²) in [5.41, 5.74) is 0.719. The molecule has 0 saturated heterocycles. The first-order valence-electron chi connectivity index (χ1n) is 7.64. The highest BCUT2D eigenvalue weighted by Gasteiger charge is 2.19. The molecule has 1 N–H and O–H groups in total. The molecule has 136 valence electrons. The number of nitrogens with zero attached hydrogens (tertiary/aromatic N) is 4. The number of hydrogen-bond donors (Lipinski definition) is 1. The Bertz CT molecular complexity index is 894. The van der Waals surface area contributed by atoms with E-state index in [-0.39, 0.29) is 11.5 Å². The van der Waals surface area contributed by atoms with Crippen LogP contribution in [0.25, 0.3) is 11.5 Å². The molecule has 0 aliphatic carbocycles. The Balaban J connectivity index is 1.66. The van der Waals surface area contributed by atoms with E-state index in [9.17, 15) is 13.6 Å². The number of aromatic nitrogens is 4. The molecule has 1 amide bonds. The average Bonchev–Trinajstić information content (AvgIpc) is 3.24. The van der Waals surface area contributed by atoms with Crippen molar-refractivity contribution in [3.8, 4) is 11.5 Å². The van der Waals surface area contributed by atoms with Crippen LogP contribution in [0.2, 0.25) is 5.02 Å². The van der Waals surface area contributed by atoms with Gasteiger partial charge in [-0.25, -0.2) is 8.78 Å². The smallest absolute Gasteiger partial charge is 0.272 e. The van der Waals surface area contributed by atoms with Crippen molar-refractivity contribution in [2.24, 2.45) is 0 Å². The van der Waals surface area contributed by atoms with Gasteiger partial charge >= 0.3 is 0 Å². The Labute approximate surface area is 152 Å². The lowest BCUT2D eigenvalue weighted by Gasteiger charge is -2.08. The average molecular weight is 382 g/mol. The minimum Gasteiger partial charge on any atom is -0.341 e. The van der Waals surface area contributed by atoms with Crippen molar-refractivity contribution in [2.75, 3.05) is 0 Å². The van der Waals surface area contributed by atoms with E-state index in [1.807, 2.05) is 0 Å². The van der Waals surface area contributed by atoms with E-state index in [1.165, 1.54) is 12.3 Å². The minimum atomic E-state index is -2.55. The summed E-state index contributed by atoms with van der Waals surface area (Å²) in [7, 11) is 0. The highest BCUT2D eigenvalue weighted by Crippen LogP contribution is 2.21. The van der Waals surface area contributed by atoms with Gasteiger partial charge in [0.25, 0.3) is 18.2 Å². The normalized spacial score (nSPS) is 12.3. The van der Waals surface area contributed by atoms with Crippen LogP contribution in [0.1, 0.15) is 29.3 Å². The van der Waals surface area contributed by atoms with Gasteiger partial charge in [0.05, 0.1) is 6.04 Å². The fourth-order valence-electron chi connectivity index (χ4n) is 2.18. The van der Waals surface area contributed by atoms with Gasteiger partial charge in [0.2, 0.25) is 0 Å². The zero-order valence-corrected chi connectivity index (χ0v) is 14.3. The molecule has 1 unspecified atom stereocenters. The molecule has 1 atom stereocenters. The third-order valence-corrected chi connectivity index (χ3v) is 3.72. The second-order valence-corrected chi connectivity index (χ2v) is 5.91. The van der Waals surface area contributed by atoms with Gasteiger partial charge < -0.3 is 9.84 Å². The summed E-state index contributed by atoms with van der Waals surface area (Å²) in [4.78, 5) is 16.4. The van der Waals surface area contributed by atoms with Crippen molar-refractivity contribution >= 4 is 17.5 Å². The first-order chi connectivity index (χ1) is 12.4. The van der Waals surface area contributed by atoms with Gasteiger partial charge in [0.1, 0.15) is 12.2 Å². The molecule has 10 heteroatoms. The van der Waals surface area contributed by atoms with Crippen molar-refractivity contribution < 1.29 is 18.1 Å². The van der Waals surface area contributed by atoms with Crippen molar-refractivity contribution in [1.82, 2.24) is 25.2 Å². The number of alkyl halides is 2. The van der Waals surface area contributed by atoms with Crippen LogP contribution < -0.4 is 5.32 Å². The molecule has 0 aliphatic rings. The van der Waals surface area contributed by atoms with Gasteiger partial charge in [-0.3, -0.25) is 9.48 Å². The molecule has 2 heterocycles. The molecule has 3 aromatic rings. The number of rotatable bonds is 6. The third kappa shape index (κ3) is 4.23. The van der Waals surface area contributed by atoms with Crippen LogP contribution in [-0.2, 0) is 6.54 Å². The van der Waals surface area contributed by atoms with Gasteiger partial charge in [-0.2, -0.15) is 10.1 Å². The van der Waals surface area contributed by atoms with Crippen molar-refractivity contribution in [1.29, 1.82) is 0 Å². The minimum absolute atomic E-state index is 0.0268. The monoisotopic (exact) mass is 381 g/mol. The van der Waals surface area contributed by atoms with E-state index < -0.39 is 24.9 Å². The molecular formula is C16H14ClF2N5O2. The Hall–Kier alpha value is -2.81. The van der Waals surface area contributed by atoms with E-state index in [1.54, 1.807) is 31.2 Å². The second kappa shape index (κ2) is 7.61. The van der Waals surface area contributed by atoms with Gasteiger partial charge in [0.15, 0.2) is 5.82 Å². The molecule has 0 bridgehead atoms. The number of carbonyl (C=O) groups excluding carboxylic acids is 1. The van der Waals surface area contributed by atoms with Crippen molar-refractivity contribution in [3.05, 3.63) is 53.1 Å². The van der Waals surface area contributed by atoms with Crippen LogP contribution in [0.3, 0.4) is 0 Å². The summed E-state index contributed by atoms with van der Waals surface area (Å²) < 4.78 is 30.9. The number of amides is 1. The zero-order valence-electron chi connectivity index (χ0n) is 13.6. The summed E-state index contributed by atoms with van der Waals surface area (Å²) in [6.45, 7) is 1.10. The van der Waals surface area contributed by atoms with Gasteiger partial charge in [0, 0.05) is 16.8 Å². The Kier molecular flexibility index (Phi) is 5.27. The number of benzene rings is 1. The number of nitrogens with one attached hydrogen (secondary N) is 1. The topological polar surface area (TPSA) is 85.8 Å². The zero-order chi connectivity index (χ0) is 18.7. The Morgan fingerprint density at radius 1 is 1.31 bits per heavy atom. The van der Waals surface area contributed by atoms with E-state index in [4.69, 9.17) is 16.1 Å². The number of halogens is 3. The highest BCUT2D eigenvalue weighted by molar-refractivity contribution is 6.30. The molecule has 0 saturated carbocycles.